The third kappa shape index (κ3) is 3.50. The highest BCUT2D eigenvalue weighted by Crippen LogP contribution is 2.14. The molecule has 0 aromatic heterocycles. The number of piperidine rings is 1. The van der Waals surface area contributed by atoms with Crippen LogP contribution < -0.4 is 10.9 Å². The van der Waals surface area contributed by atoms with Crippen LogP contribution in [0.15, 0.2) is 0 Å². The topological polar surface area (TPSA) is 98.7 Å². The first-order valence-corrected chi connectivity index (χ1v) is 6.14. The van der Waals surface area contributed by atoms with Crippen LogP contribution in [0.1, 0.15) is 12.8 Å². The van der Waals surface area contributed by atoms with Crippen molar-refractivity contribution in [2.24, 2.45) is 10.9 Å². The SMILES string of the molecule is NCCOC1CCCN(S(N)(=O)=O)C1. The molecule has 4 N–H and O–H groups in total. The molecular weight excluding hydrogens is 206 g/mol. The molecule has 1 atom stereocenters. The Morgan fingerprint density at radius 2 is 2.21 bits per heavy atom. The number of ether oxygens (including phenoxy) is 1. The van der Waals surface area contributed by atoms with Crippen LogP contribution in [0.2, 0.25) is 0 Å². The number of nitrogens with two attached hydrogens (primary N) is 2. The number of hydrogen-bond acceptors (Lipinski definition) is 4. The molecule has 84 valence electrons. The standard InChI is InChI=1S/C7H17N3O3S/c8-3-5-13-7-2-1-4-10(6-7)14(9,11)12/h7H,1-6,8H2,(H2,9,11,12). The van der Waals surface area contributed by atoms with Gasteiger partial charge in [0.1, 0.15) is 0 Å². The van der Waals surface area contributed by atoms with Gasteiger partial charge in [-0.05, 0) is 12.8 Å². The predicted octanol–water partition coefficient (Wildman–Crippen LogP) is -1.37. The van der Waals surface area contributed by atoms with E-state index in [4.69, 9.17) is 15.6 Å². The van der Waals surface area contributed by atoms with Gasteiger partial charge in [0, 0.05) is 19.6 Å². The normalized spacial score (nSPS) is 25.1. The van der Waals surface area contributed by atoms with Crippen LogP contribution >= 0.6 is 0 Å². The summed E-state index contributed by atoms with van der Waals surface area (Å²) in [4.78, 5) is 0. The molecule has 0 saturated carbocycles. The highest BCUT2D eigenvalue weighted by molar-refractivity contribution is 7.86. The summed E-state index contributed by atoms with van der Waals surface area (Å²) in [5, 5.41) is 5.02. The van der Waals surface area contributed by atoms with Gasteiger partial charge in [0.25, 0.3) is 10.2 Å². The fourth-order valence-corrected chi connectivity index (χ4v) is 2.26. The Bertz CT molecular complexity index is 267. The molecule has 1 fully saturated rings. The van der Waals surface area contributed by atoms with Crippen molar-refractivity contribution in [3.05, 3.63) is 0 Å². The van der Waals surface area contributed by atoms with E-state index >= 15 is 0 Å². The maximum Gasteiger partial charge on any atom is 0.276 e. The minimum Gasteiger partial charge on any atom is -0.376 e. The molecule has 0 spiro atoms. The summed E-state index contributed by atoms with van der Waals surface area (Å²) >= 11 is 0. The molecule has 0 aromatic carbocycles. The van der Waals surface area contributed by atoms with Crippen molar-refractivity contribution < 1.29 is 13.2 Å². The van der Waals surface area contributed by atoms with Crippen molar-refractivity contribution in [1.29, 1.82) is 0 Å². The maximum absolute atomic E-state index is 11.0. The number of nitrogens with zero attached hydrogens (tertiary/aromatic N) is 1. The molecule has 0 aromatic rings. The zero-order chi connectivity index (χ0) is 10.6. The highest BCUT2D eigenvalue weighted by atomic mass is 32.2. The molecule has 1 aliphatic rings. The summed E-state index contributed by atoms with van der Waals surface area (Å²) in [5.41, 5.74) is 5.28. The van der Waals surface area contributed by atoms with Crippen molar-refractivity contribution >= 4 is 10.2 Å². The lowest BCUT2D eigenvalue weighted by atomic mass is 10.1. The van der Waals surface area contributed by atoms with Gasteiger partial charge in [-0.25, -0.2) is 5.14 Å². The van der Waals surface area contributed by atoms with Crippen LogP contribution in [0.4, 0.5) is 0 Å². The lowest BCUT2D eigenvalue weighted by Crippen LogP contribution is -2.46. The van der Waals surface area contributed by atoms with Crippen LogP contribution in [0.25, 0.3) is 0 Å². The average Bonchev–Trinajstić information content (AvgIpc) is 2.14. The third-order valence-electron chi connectivity index (χ3n) is 2.17. The van der Waals surface area contributed by atoms with Gasteiger partial charge in [0.2, 0.25) is 0 Å². The van der Waals surface area contributed by atoms with Crippen molar-refractivity contribution in [2.45, 2.75) is 18.9 Å². The van der Waals surface area contributed by atoms with Gasteiger partial charge >= 0.3 is 0 Å². The summed E-state index contributed by atoms with van der Waals surface area (Å²) in [6, 6.07) is 0. The van der Waals surface area contributed by atoms with Crippen LogP contribution in [0.5, 0.6) is 0 Å². The van der Waals surface area contributed by atoms with Gasteiger partial charge in [-0.2, -0.15) is 12.7 Å². The molecule has 1 aliphatic heterocycles. The Kier molecular flexibility index (Phi) is 4.27. The minimum absolute atomic E-state index is 0.0642. The first-order chi connectivity index (χ1) is 6.54. The van der Waals surface area contributed by atoms with Gasteiger partial charge in [-0.3, -0.25) is 0 Å². The van der Waals surface area contributed by atoms with Gasteiger partial charge in [0.15, 0.2) is 0 Å². The first-order valence-electron chi connectivity index (χ1n) is 4.63. The van der Waals surface area contributed by atoms with Crippen molar-refractivity contribution in [3.8, 4) is 0 Å². The van der Waals surface area contributed by atoms with Gasteiger partial charge in [-0.15, -0.1) is 0 Å². The van der Waals surface area contributed by atoms with Crippen LogP contribution in [-0.4, -0.2) is 45.1 Å². The second-order valence-electron chi connectivity index (χ2n) is 3.33. The first kappa shape index (κ1) is 11.9. The largest absolute Gasteiger partial charge is 0.376 e. The Hall–Kier alpha value is -0.210. The number of rotatable bonds is 4. The van der Waals surface area contributed by atoms with Gasteiger partial charge in [0.05, 0.1) is 12.7 Å². The fraction of sp³-hybridized carbons (Fsp3) is 1.00. The van der Waals surface area contributed by atoms with Crippen LogP contribution in [0.3, 0.4) is 0 Å². The van der Waals surface area contributed by atoms with Crippen LogP contribution in [0, 0.1) is 0 Å². The van der Waals surface area contributed by atoms with Crippen LogP contribution in [-0.2, 0) is 14.9 Å². The van der Waals surface area contributed by atoms with E-state index in [0.717, 1.165) is 12.8 Å². The zero-order valence-electron chi connectivity index (χ0n) is 8.05. The summed E-state index contributed by atoms with van der Waals surface area (Å²) < 4.78 is 28.7. The molecule has 0 aliphatic carbocycles. The lowest BCUT2D eigenvalue weighted by Gasteiger charge is -2.30. The Balaban J connectivity index is 2.44. The third-order valence-corrected chi connectivity index (χ3v) is 3.22. The van der Waals surface area contributed by atoms with E-state index in [0.29, 0.717) is 26.2 Å². The van der Waals surface area contributed by atoms with Gasteiger partial charge in [-0.1, -0.05) is 0 Å². The smallest absolute Gasteiger partial charge is 0.276 e. The summed E-state index contributed by atoms with van der Waals surface area (Å²) in [6.45, 7) is 1.75. The van der Waals surface area contributed by atoms with E-state index in [1.807, 2.05) is 0 Å². The molecule has 1 heterocycles. The Morgan fingerprint density at radius 3 is 2.79 bits per heavy atom. The molecular formula is C7H17N3O3S. The Labute approximate surface area is 84.4 Å². The number of hydrogen-bond donors (Lipinski definition) is 2. The second kappa shape index (κ2) is 5.04. The molecule has 1 saturated heterocycles. The molecule has 14 heavy (non-hydrogen) atoms. The van der Waals surface area contributed by atoms with E-state index in [1.54, 1.807) is 0 Å². The van der Waals surface area contributed by atoms with E-state index in [2.05, 4.69) is 0 Å². The molecule has 1 rings (SSSR count). The van der Waals surface area contributed by atoms with E-state index in [1.165, 1.54) is 4.31 Å². The summed E-state index contributed by atoms with van der Waals surface area (Å²) in [5.74, 6) is 0. The molecule has 7 heteroatoms. The summed E-state index contributed by atoms with van der Waals surface area (Å²) in [6.07, 6.45) is 1.59. The summed E-state index contributed by atoms with van der Waals surface area (Å²) in [7, 11) is -3.56. The molecule has 0 radical (unpaired) electrons. The predicted molar refractivity (Wildman–Crippen MR) is 52.7 cm³/mol. The zero-order valence-corrected chi connectivity index (χ0v) is 8.87. The fourth-order valence-electron chi connectivity index (χ4n) is 1.51. The average molecular weight is 223 g/mol. The van der Waals surface area contributed by atoms with Gasteiger partial charge < -0.3 is 10.5 Å². The quantitative estimate of drug-likeness (QED) is 0.614. The second-order valence-corrected chi connectivity index (χ2v) is 4.87. The Morgan fingerprint density at radius 1 is 1.50 bits per heavy atom. The van der Waals surface area contributed by atoms with Crippen molar-refractivity contribution in [2.75, 3.05) is 26.2 Å². The molecule has 1 unspecified atom stereocenters. The van der Waals surface area contributed by atoms with Crippen molar-refractivity contribution in [3.63, 3.8) is 0 Å². The molecule has 6 nitrogen and oxygen atoms in total. The van der Waals surface area contributed by atoms with E-state index in [-0.39, 0.29) is 6.10 Å². The maximum atomic E-state index is 11.0. The monoisotopic (exact) mass is 223 g/mol. The lowest BCUT2D eigenvalue weighted by molar-refractivity contribution is 0.0233. The molecule has 0 amide bonds. The highest BCUT2D eigenvalue weighted by Gasteiger charge is 2.26. The van der Waals surface area contributed by atoms with Crippen molar-refractivity contribution in [1.82, 2.24) is 4.31 Å². The minimum atomic E-state index is -3.56. The van der Waals surface area contributed by atoms with E-state index < -0.39 is 10.2 Å². The van der Waals surface area contributed by atoms with E-state index in [9.17, 15) is 8.42 Å². The molecule has 0 bridgehead atoms.